The fraction of sp³-hybridized carbons (Fsp3) is 0.581. The Balaban J connectivity index is 1.30. The first-order valence-electron chi connectivity index (χ1n) is 14.0. The zero-order valence-corrected chi connectivity index (χ0v) is 21.3. The van der Waals surface area contributed by atoms with E-state index >= 15 is 0 Å². The van der Waals surface area contributed by atoms with Crippen molar-refractivity contribution in [2.24, 2.45) is 5.92 Å². The van der Waals surface area contributed by atoms with Crippen LogP contribution in [0.2, 0.25) is 0 Å². The molecule has 7 rings (SSSR count). The molecule has 5 aliphatic rings. The van der Waals surface area contributed by atoms with Gasteiger partial charge in [-0.3, -0.25) is 9.69 Å². The molecule has 2 heterocycles. The summed E-state index contributed by atoms with van der Waals surface area (Å²) in [5.74, 6) is 1.62. The number of ketones is 1. The average Bonchev–Trinajstić information content (AvgIpc) is 3.14. The monoisotopic (exact) mass is 487 g/mol. The van der Waals surface area contributed by atoms with E-state index in [0.717, 1.165) is 56.7 Å². The molecule has 190 valence electrons. The zero-order valence-electron chi connectivity index (χ0n) is 21.3. The van der Waals surface area contributed by atoms with Crippen LogP contribution in [0, 0.1) is 5.92 Å². The number of carbonyl (C=O) groups is 1. The highest BCUT2D eigenvalue weighted by Gasteiger charge is 2.78. The molecule has 1 N–H and O–H groups in total. The van der Waals surface area contributed by atoms with E-state index in [1.807, 2.05) is 6.92 Å². The smallest absolute Gasteiger partial charge is 0.177 e. The summed E-state index contributed by atoms with van der Waals surface area (Å²) in [7, 11) is 0. The minimum Gasteiger partial charge on any atom is -0.504 e. The van der Waals surface area contributed by atoms with Crippen LogP contribution < -0.4 is 4.74 Å². The molecule has 3 aliphatic carbocycles. The summed E-state index contributed by atoms with van der Waals surface area (Å²) < 4.78 is 13.7. The van der Waals surface area contributed by atoms with Crippen LogP contribution in [-0.4, -0.2) is 52.7 Å². The Morgan fingerprint density at radius 1 is 1.14 bits per heavy atom. The van der Waals surface area contributed by atoms with Crippen molar-refractivity contribution >= 4 is 5.78 Å². The van der Waals surface area contributed by atoms with Gasteiger partial charge in [-0.25, -0.2) is 0 Å². The second-order valence-corrected chi connectivity index (χ2v) is 12.0. The first-order valence-corrected chi connectivity index (χ1v) is 14.0. The van der Waals surface area contributed by atoms with Gasteiger partial charge in [0.2, 0.25) is 0 Å². The second kappa shape index (κ2) is 8.06. The van der Waals surface area contributed by atoms with Gasteiger partial charge in [0.25, 0.3) is 0 Å². The Hall–Kier alpha value is -2.37. The van der Waals surface area contributed by atoms with Crippen molar-refractivity contribution in [2.75, 3.05) is 19.7 Å². The van der Waals surface area contributed by atoms with Gasteiger partial charge in [0, 0.05) is 31.2 Å². The third-order valence-electron chi connectivity index (χ3n) is 10.4. The van der Waals surface area contributed by atoms with Gasteiger partial charge in [0.1, 0.15) is 0 Å². The standard InChI is InChI=1S/C31H37NO4/c1-29-26(34)14-15-31(35-18-6-11-21-7-3-2-4-8-21)25-19-23-12-13-24(33)28(36-29)27(23)30(29,31)16-17-32(25)20-22-9-5-10-22/h2-4,7-8,12-13,22,25,33H,5-6,9-11,14-20H2,1H3/t25?,29-,30-,31+/m0/s1. The lowest BCUT2D eigenvalue weighted by molar-refractivity contribution is -0.232. The molecule has 0 aromatic heterocycles. The van der Waals surface area contributed by atoms with E-state index in [1.54, 1.807) is 6.07 Å². The molecule has 2 aliphatic heterocycles. The van der Waals surface area contributed by atoms with Gasteiger partial charge < -0.3 is 14.6 Å². The molecule has 0 amide bonds. The fourth-order valence-corrected chi connectivity index (χ4v) is 8.53. The Morgan fingerprint density at radius 2 is 1.97 bits per heavy atom. The van der Waals surface area contributed by atoms with Crippen LogP contribution in [0.15, 0.2) is 42.5 Å². The molecule has 1 saturated heterocycles. The maximum atomic E-state index is 13.6. The number of ether oxygens (including phenoxy) is 2. The van der Waals surface area contributed by atoms with Crippen LogP contribution in [0.4, 0.5) is 0 Å². The minimum absolute atomic E-state index is 0.153. The number of nitrogens with zero attached hydrogens (tertiary/aromatic N) is 1. The molecule has 2 bridgehead atoms. The summed E-state index contributed by atoms with van der Waals surface area (Å²) in [6.45, 7) is 4.74. The van der Waals surface area contributed by atoms with Gasteiger partial charge in [-0.1, -0.05) is 42.8 Å². The molecule has 3 fully saturated rings. The quantitative estimate of drug-likeness (QED) is 0.560. The van der Waals surface area contributed by atoms with E-state index in [2.05, 4.69) is 41.3 Å². The minimum atomic E-state index is -0.998. The maximum Gasteiger partial charge on any atom is 0.177 e. The summed E-state index contributed by atoms with van der Waals surface area (Å²) in [6.07, 6.45) is 8.86. The lowest BCUT2D eigenvalue weighted by Gasteiger charge is -2.67. The van der Waals surface area contributed by atoms with Gasteiger partial charge in [-0.05, 0) is 81.5 Å². The van der Waals surface area contributed by atoms with E-state index in [4.69, 9.17) is 9.47 Å². The summed E-state index contributed by atoms with van der Waals surface area (Å²) in [6, 6.07) is 14.7. The summed E-state index contributed by atoms with van der Waals surface area (Å²) in [4.78, 5) is 16.4. The van der Waals surface area contributed by atoms with Crippen molar-refractivity contribution in [1.82, 2.24) is 4.90 Å². The normalized spacial score (nSPS) is 34.7. The molecule has 0 radical (unpaired) electrons. The molecular weight excluding hydrogens is 450 g/mol. The third-order valence-corrected chi connectivity index (χ3v) is 10.4. The summed E-state index contributed by atoms with van der Waals surface area (Å²) >= 11 is 0. The highest BCUT2D eigenvalue weighted by Crippen LogP contribution is 2.69. The third kappa shape index (κ3) is 2.87. The van der Waals surface area contributed by atoms with Gasteiger partial charge in [0.05, 0.1) is 11.0 Å². The SMILES string of the molecule is C[C@@]12Oc3c(O)ccc4c3[C@@]13CCN(CC1CCC1)C(C4)[C@]3(OCCCc1ccccc1)CCC2=O. The molecule has 2 aromatic rings. The van der Waals surface area contributed by atoms with Gasteiger partial charge >= 0.3 is 0 Å². The summed E-state index contributed by atoms with van der Waals surface area (Å²) in [5, 5.41) is 10.9. The van der Waals surface area contributed by atoms with Crippen molar-refractivity contribution in [3.8, 4) is 11.5 Å². The van der Waals surface area contributed by atoms with Crippen molar-refractivity contribution in [1.29, 1.82) is 0 Å². The highest BCUT2D eigenvalue weighted by atomic mass is 16.5. The molecule has 2 aromatic carbocycles. The predicted molar refractivity (Wildman–Crippen MR) is 138 cm³/mol. The van der Waals surface area contributed by atoms with Crippen LogP contribution in [0.25, 0.3) is 0 Å². The topological polar surface area (TPSA) is 59.0 Å². The van der Waals surface area contributed by atoms with E-state index in [0.29, 0.717) is 18.8 Å². The van der Waals surface area contributed by atoms with Gasteiger partial charge in [0.15, 0.2) is 22.9 Å². The Morgan fingerprint density at radius 3 is 2.75 bits per heavy atom. The Kier molecular flexibility index (Phi) is 5.11. The molecule has 2 saturated carbocycles. The van der Waals surface area contributed by atoms with Crippen molar-refractivity contribution < 1.29 is 19.4 Å². The molecular formula is C31H37NO4. The number of phenols is 1. The number of phenolic OH excluding ortho intramolecular Hbond substituents is 1. The summed E-state index contributed by atoms with van der Waals surface area (Å²) in [5.41, 5.74) is 1.60. The van der Waals surface area contributed by atoms with Crippen LogP contribution in [-0.2, 0) is 27.8 Å². The number of benzene rings is 2. The Bertz CT molecular complexity index is 1190. The van der Waals surface area contributed by atoms with Crippen molar-refractivity contribution in [3.05, 3.63) is 59.2 Å². The van der Waals surface area contributed by atoms with Crippen molar-refractivity contribution in [3.63, 3.8) is 0 Å². The molecule has 4 atom stereocenters. The average molecular weight is 488 g/mol. The van der Waals surface area contributed by atoms with E-state index in [-0.39, 0.29) is 17.6 Å². The maximum absolute atomic E-state index is 13.6. The van der Waals surface area contributed by atoms with Crippen molar-refractivity contribution in [2.45, 2.75) is 87.4 Å². The molecule has 5 nitrogen and oxygen atoms in total. The van der Waals surface area contributed by atoms with E-state index in [9.17, 15) is 9.90 Å². The van der Waals surface area contributed by atoms with Crippen LogP contribution in [0.1, 0.15) is 68.6 Å². The molecule has 1 unspecified atom stereocenters. The lowest BCUT2D eigenvalue weighted by atomic mass is 9.45. The van der Waals surface area contributed by atoms with Gasteiger partial charge in [-0.2, -0.15) is 0 Å². The number of aryl methyl sites for hydroxylation is 1. The fourth-order valence-electron chi connectivity index (χ4n) is 8.53. The van der Waals surface area contributed by atoms with Crippen LogP contribution in [0.5, 0.6) is 11.5 Å². The number of Topliss-reactive ketones (excluding diaryl/α,β-unsaturated/α-hetero) is 1. The van der Waals surface area contributed by atoms with E-state index in [1.165, 1.54) is 30.4 Å². The zero-order chi connectivity index (χ0) is 24.5. The highest BCUT2D eigenvalue weighted by molar-refractivity contribution is 5.94. The number of likely N-dealkylation sites (tertiary alicyclic amines) is 1. The van der Waals surface area contributed by atoms with E-state index < -0.39 is 16.6 Å². The van der Waals surface area contributed by atoms with Crippen LogP contribution >= 0.6 is 0 Å². The molecule has 1 spiro atoms. The number of rotatable bonds is 7. The first kappa shape index (κ1) is 22.8. The molecule has 5 heteroatoms. The predicted octanol–water partition coefficient (Wildman–Crippen LogP) is 4.96. The number of hydrogen-bond acceptors (Lipinski definition) is 5. The number of aromatic hydroxyl groups is 1. The number of piperidine rings is 1. The van der Waals surface area contributed by atoms with Crippen LogP contribution in [0.3, 0.4) is 0 Å². The first-order chi connectivity index (χ1) is 17.5. The lowest BCUT2D eigenvalue weighted by Crippen LogP contribution is -2.81. The second-order valence-electron chi connectivity index (χ2n) is 12.0. The Labute approximate surface area is 213 Å². The molecule has 36 heavy (non-hydrogen) atoms. The van der Waals surface area contributed by atoms with Gasteiger partial charge in [-0.15, -0.1) is 0 Å². The number of carbonyl (C=O) groups excluding carboxylic acids is 1. The number of hydrogen-bond donors (Lipinski definition) is 1. The largest absolute Gasteiger partial charge is 0.504 e.